The SMILES string of the molecule is CCCC1NCN(CC2CCCN2C)C1=O. The molecule has 2 unspecified atom stereocenters. The molecule has 16 heavy (non-hydrogen) atoms. The van der Waals surface area contributed by atoms with Gasteiger partial charge < -0.3 is 9.80 Å². The van der Waals surface area contributed by atoms with Crippen molar-refractivity contribution in [1.82, 2.24) is 15.1 Å². The fourth-order valence-electron chi connectivity index (χ4n) is 2.74. The van der Waals surface area contributed by atoms with Crippen molar-refractivity contribution in [3.05, 3.63) is 0 Å². The quantitative estimate of drug-likeness (QED) is 0.762. The summed E-state index contributed by atoms with van der Waals surface area (Å²) >= 11 is 0. The van der Waals surface area contributed by atoms with E-state index in [0.29, 0.717) is 11.9 Å². The Balaban J connectivity index is 1.85. The van der Waals surface area contributed by atoms with Gasteiger partial charge in [0.15, 0.2) is 0 Å². The van der Waals surface area contributed by atoms with Gasteiger partial charge in [-0.05, 0) is 32.9 Å². The van der Waals surface area contributed by atoms with Crippen LogP contribution in [0.2, 0.25) is 0 Å². The van der Waals surface area contributed by atoms with E-state index in [0.717, 1.165) is 26.1 Å². The minimum absolute atomic E-state index is 0.0803. The number of rotatable bonds is 4. The number of carbonyl (C=O) groups is 1. The van der Waals surface area contributed by atoms with Crippen molar-refractivity contribution in [1.29, 1.82) is 0 Å². The van der Waals surface area contributed by atoms with Gasteiger partial charge in [0.2, 0.25) is 5.91 Å². The zero-order valence-corrected chi connectivity index (χ0v) is 10.4. The summed E-state index contributed by atoms with van der Waals surface area (Å²) in [5.74, 6) is 0.308. The van der Waals surface area contributed by atoms with Gasteiger partial charge in [0, 0.05) is 12.6 Å². The van der Waals surface area contributed by atoms with Crippen LogP contribution in [-0.2, 0) is 4.79 Å². The molecule has 0 bridgehead atoms. The lowest BCUT2D eigenvalue weighted by atomic mass is 10.1. The molecule has 2 aliphatic rings. The highest BCUT2D eigenvalue weighted by Gasteiger charge is 2.33. The number of nitrogens with one attached hydrogen (secondary N) is 1. The summed E-state index contributed by atoms with van der Waals surface area (Å²) in [6.07, 6.45) is 4.55. The molecular weight excluding hydrogens is 202 g/mol. The second-order valence-electron chi connectivity index (χ2n) is 5.04. The van der Waals surface area contributed by atoms with E-state index in [-0.39, 0.29) is 6.04 Å². The van der Waals surface area contributed by atoms with Gasteiger partial charge in [0.05, 0.1) is 12.7 Å². The number of nitrogens with zero attached hydrogens (tertiary/aromatic N) is 2. The Morgan fingerprint density at radius 2 is 2.31 bits per heavy atom. The largest absolute Gasteiger partial charge is 0.327 e. The third-order valence-corrected chi connectivity index (χ3v) is 3.82. The van der Waals surface area contributed by atoms with E-state index in [1.54, 1.807) is 0 Å². The Morgan fingerprint density at radius 3 is 2.94 bits per heavy atom. The van der Waals surface area contributed by atoms with E-state index in [9.17, 15) is 4.79 Å². The molecule has 1 N–H and O–H groups in total. The lowest BCUT2D eigenvalue weighted by Crippen LogP contribution is -2.40. The molecule has 0 aromatic heterocycles. The zero-order valence-electron chi connectivity index (χ0n) is 10.4. The fraction of sp³-hybridized carbons (Fsp3) is 0.917. The molecule has 0 spiro atoms. The standard InChI is InChI=1S/C12H23N3O/c1-3-5-11-12(16)15(9-13-11)8-10-6-4-7-14(10)2/h10-11,13H,3-9H2,1-2H3. The van der Waals surface area contributed by atoms with E-state index >= 15 is 0 Å². The van der Waals surface area contributed by atoms with Crippen LogP contribution in [0.4, 0.5) is 0 Å². The van der Waals surface area contributed by atoms with E-state index in [1.807, 2.05) is 4.90 Å². The van der Waals surface area contributed by atoms with Gasteiger partial charge in [-0.15, -0.1) is 0 Å². The van der Waals surface area contributed by atoms with E-state index in [4.69, 9.17) is 0 Å². The van der Waals surface area contributed by atoms with Crippen molar-refractivity contribution in [2.24, 2.45) is 0 Å². The van der Waals surface area contributed by atoms with Crippen LogP contribution in [0.15, 0.2) is 0 Å². The Kier molecular flexibility index (Phi) is 3.82. The van der Waals surface area contributed by atoms with Crippen molar-refractivity contribution >= 4 is 5.91 Å². The fourth-order valence-corrected chi connectivity index (χ4v) is 2.74. The highest BCUT2D eigenvalue weighted by molar-refractivity contribution is 5.83. The van der Waals surface area contributed by atoms with Crippen LogP contribution in [0.3, 0.4) is 0 Å². The molecule has 0 radical (unpaired) electrons. The average Bonchev–Trinajstić information content (AvgIpc) is 2.80. The van der Waals surface area contributed by atoms with Gasteiger partial charge in [0.1, 0.15) is 0 Å². The summed E-state index contributed by atoms with van der Waals surface area (Å²) in [5, 5.41) is 3.30. The van der Waals surface area contributed by atoms with Crippen LogP contribution in [-0.4, -0.2) is 54.6 Å². The van der Waals surface area contributed by atoms with Crippen LogP contribution in [0.25, 0.3) is 0 Å². The van der Waals surface area contributed by atoms with Crippen molar-refractivity contribution in [3.63, 3.8) is 0 Å². The number of hydrogen-bond acceptors (Lipinski definition) is 3. The molecule has 2 heterocycles. The van der Waals surface area contributed by atoms with Crippen molar-refractivity contribution in [3.8, 4) is 0 Å². The molecule has 4 heteroatoms. The summed E-state index contributed by atoms with van der Waals surface area (Å²) < 4.78 is 0. The Morgan fingerprint density at radius 1 is 1.50 bits per heavy atom. The Labute approximate surface area is 98.0 Å². The van der Waals surface area contributed by atoms with Crippen LogP contribution in [0, 0.1) is 0 Å². The predicted molar refractivity (Wildman–Crippen MR) is 64.1 cm³/mol. The molecule has 2 atom stereocenters. The number of carbonyl (C=O) groups excluding carboxylic acids is 1. The lowest BCUT2D eigenvalue weighted by Gasteiger charge is -2.25. The van der Waals surface area contributed by atoms with E-state index in [2.05, 4.69) is 24.2 Å². The first-order valence-corrected chi connectivity index (χ1v) is 6.44. The molecule has 0 saturated carbocycles. The minimum Gasteiger partial charge on any atom is -0.327 e. The van der Waals surface area contributed by atoms with Gasteiger partial charge in [0.25, 0.3) is 0 Å². The molecule has 0 aromatic rings. The first-order valence-electron chi connectivity index (χ1n) is 6.44. The second kappa shape index (κ2) is 5.15. The summed E-state index contributed by atoms with van der Waals surface area (Å²) in [6, 6.07) is 0.655. The molecule has 2 saturated heterocycles. The summed E-state index contributed by atoms with van der Waals surface area (Å²) in [4.78, 5) is 16.4. The number of hydrogen-bond donors (Lipinski definition) is 1. The van der Waals surface area contributed by atoms with Crippen molar-refractivity contribution < 1.29 is 4.79 Å². The average molecular weight is 225 g/mol. The maximum atomic E-state index is 12.0. The Bertz CT molecular complexity index is 257. The van der Waals surface area contributed by atoms with E-state index in [1.165, 1.54) is 19.4 Å². The minimum atomic E-state index is 0.0803. The number of amides is 1. The highest BCUT2D eigenvalue weighted by atomic mass is 16.2. The predicted octanol–water partition coefficient (Wildman–Crippen LogP) is 0.639. The first kappa shape index (κ1) is 11.9. The molecule has 0 aromatic carbocycles. The molecule has 92 valence electrons. The number of likely N-dealkylation sites (N-methyl/N-ethyl adjacent to an activating group) is 1. The lowest BCUT2D eigenvalue weighted by molar-refractivity contribution is -0.129. The number of likely N-dealkylation sites (tertiary alicyclic amines) is 1. The van der Waals surface area contributed by atoms with Crippen LogP contribution < -0.4 is 5.32 Å². The van der Waals surface area contributed by atoms with E-state index < -0.39 is 0 Å². The molecule has 0 aliphatic carbocycles. The van der Waals surface area contributed by atoms with Crippen molar-refractivity contribution in [2.75, 3.05) is 26.8 Å². The molecule has 1 amide bonds. The van der Waals surface area contributed by atoms with Gasteiger partial charge in [-0.25, -0.2) is 0 Å². The van der Waals surface area contributed by atoms with Gasteiger partial charge >= 0.3 is 0 Å². The van der Waals surface area contributed by atoms with Crippen LogP contribution >= 0.6 is 0 Å². The summed E-state index contributed by atoms with van der Waals surface area (Å²) in [5.41, 5.74) is 0. The zero-order chi connectivity index (χ0) is 11.5. The van der Waals surface area contributed by atoms with Gasteiger partial charge in [-0.2, -0.15) is 0 Å². The smallest absolute Gasteiger partial charge is 0.240 e. The monoisotopic (exact) mass is 225 g/mol. The first-order chi connectivity index (χ1) is 7.72. The maximum absolute atomic E-state index is 12.0. The molecule has 4 nitrogen and oxygen atoms in total. The van der Waals surface area contributed by atoms with Crippen LogP contribution in [0.5, 0.6) is 0 Å². The highest BCUT2D eigenvalue weighted by Crippen LogP contribution is 2.18. The second-order valence-corrected chi connectivity index (χ2v) is 5.04. The van der Waals surface area contributed by atoms with Crippen LogP contribution in [0.1, 0.15) is 32.6 Å². The third kappa shape index (κ3) is 2.38. The van der Waals surface area contributed by atoms with Crippen molar-refractivity contribution in [2.45, 2.75) is 44.7 Å². The third-order valence-electron chi connectivity index (χ3n) is 3.82. The summed E-state index contributed by atoms with van der Waals surface area (Å²) in [7, 11) is 2.16. The normalized spacial score (nSPS) is 31.6. The molecule has 2 aliphatic heterocycles. The molecular formula is C12H23N3O. The van der Waals surface area contributed by atoms with Gasteiger partial charge in [-0.3, -0.25) is 10.1 Å². The molecule has 2 rings (SSSR count). The maximum Gasteiger partial charge on any atom is 0.240 e. The Hall–Kier alpha value is -0.610. The molecule has 2 fully saturated rings. The topological polar surface area (TPSA) is 35.6 Å². The van der Waals surface area contributed by atoms with Gasteiger partial charge in [-0.1, -0.05) is 13.3 Å². The summed E-state index contributed by atoms with van der Waals surface area (Å²) in [6.45, 7) is 4.96.